The first kappa shape index (κ1) is 16.1. The minimum Gasteiger partial charge on any atom is -0.332 e. The second kappa shape index (κ2) is 7.21. The molecule has 3 rings (SSSR count). The number of nitrogens with zero attached hydrogens (tertiary/aromatic N) is 1. The van der Waals surface area contributed by atoms with Crippen LogP contribution in [0.2, 0.25) is 0 Å². The summed E-state index contributed by atoms with van der Waals surface area (Å²) in [6, 6.07) is 4.26. The van der Waals surface area contributed by atoms with E-state index in [0.29, 0.717) is 17.5 Å². The van der Waals surface area contributed by atoms with Gasteiger partial charge < -0.3 is 16.0 Å². The van der Waals surface area contributed by atoms with Crippen LogP contribution in [0.4, 0.5) is 10.6 Å². The molecule has 3 heterocycles. The molecule has 0 spiro atoms. The second-order valence-electron chi connectivity index (χ2n) is 6.08. The highest BCUT2D eigenvalue weighted by Crippen LogP contribution is 2.33. The average molecular weight is 334 g/mol. The van der Waals surface area contributed by atoms with Crippen molar-refractivity contribution < 1.29 is 9.59 Å². The van der Waals surface area contributed by atoms with Crippen LogP contribution in [0.15, 0.2) is 18.3 Å². The van der Waals surface area contributed by atoms with Gasteiger partial charge in [0.05, 0.1) is 12.1 Å². The maximum Gasteiger partial charge on any atom is 0.315 e. The van der Waals surface area contributed by atoms with Crippen molar-refractivity contribution >= 4 is 29.5 Å². The van der Waals surface area contributed by atoms with Crippen LogP contribution < -0.4 is 16.0 Å². The Bertz CT molecular complexity index is 595. The van der Waals surface area contributed by atoms with Crippen LogP contribution in [0.5, 0.6) is 0 Å². The van der Waals surface area contributed by atoms with Gasteiger partial charge in [0.2, 0.25) is 5.91 Å². The summed E-state index contributed by atoms with van der Waals surface area (Å²) in [5.41, 5.74) is 0.971. The first-order chi connectivity index (χ1) is 11.1. The normalized spacial score (nSPS) is 25.6. The third kappa shape index (κ3) is 3.96. The standard InChI is InChI=1S/C16H22N4O2S/c1-10-5-4-8-17-15(10)19-13(21)7-3-2-6-12-14-11(9-23-12)18-16(22)20-14/h4-5,8,11-12,14H,2-3,6-7,9H2,1H3,(H,17,19,21)(H2,18,20,22)/t11-,12-,14-/m0/s1. The number of unbranched alkanes of at least 4 members (excludes halogenated alkanes) is 1. The van der Waals surface area contributed by atoms with Crippen molar-refractivity contribution in [1.29, 1.82) is 0 Å². The van der Waals surface area contributed by atoms with Crippen molar-refractivity contribution in [2.24, 2.45) is 0 Å². The number of fused-ring (bicyclic) bond motifs is 1. The Morgan fingerprint density at radius 2 is 2.30 bits per heavy atom. The van der Waals surface area contributed by atoms with Crippen molar-refractivity contribution in [3.8, 4) is 0 Å². The monoisotopic (exact) mass is 334 g/mol. The van der Waals surface area contributed by atoms with Gasteiger partial charge in [0.1, 0.15) is 5.82 Å². The smallest absolute Gasteiger partial charge is 0.315 e. The van der Waals surface area contributed by atoms with Gasteiger partial charge in [0.25, 0.3) is 0 Å². The number of hydrogen-bond acceptors (Lipinski definition) is 4. The van der Waals surface area contributed by atoms with Crippen LogP contribution in [-0.4, -0.2) is 40.0 Å². The van der Waals surface area contributed by atoms with E-state index < -0.39 is 0 Å². The molecule has 3 atom stereocenters. The molecule has 3 N–H and O–H groups in total. The first-order valence-corrected chi connectivity index (χ1v) is 9.08. The molecule has 1 aromatic heterocycles. The van der Waals surface area contributed by atoms with Crippen LogP contribution in [0, 0.1) is 6.92 Å². The fourth-order valence-electron chi connectivity index (χ4n) is 3.09. The Labute approximate surface area is 140 Å². The lowest BCUT2D eigenvalue weighted by molar-refractivity contribution is -0.116. The molecule has 2 aliphatic heterocycles. The van der Waals surface area contributed by atoms with Crippen LogP contribution in [0.1, 0.15) is 31.2 Å². The third-order valence-corrected chi connectivity index (χ3v) is 5.86. The van der Waals surface area contributed by atoms with Gasteiger partial charge in [0.15, 0.2) is 0 Å². The maximum absolute atomic E-state index is 12.0. The number of urea groups is 1. The molecule has 23 heavy (non-hydrogen) atoms. The SMILES string of the molecule is Cc1cccnc1NC(=O)CCCC[C@@H]1SC[C@@H]2NC(=O)N[C@@H]21. The summed E-state index contributed by atoms with van der Waals surface area (Å²) >= 11 is 1.91. The molecule has 0 radical (unpaired) electrons. The minimum absolute atomic E-state index is 0.0135. The molecule has 0 aromatic carbocycles. The van der Waals surface area contributed by atoms with Crippen molar-refractivity contribution in [2.75, 3.05) is 11.1 Å². The van der Waals surface area contributed by atoms with Gasteiger partial charge in [-0.2, -0.15) is 11.8 Å². The predicted molar refractivity (Wildman–Crippen MR) is 91.6 cm³/mol. The van der Waals surface area contributed by atoms with E-state index in [1.165, 1.54) is 0 Å². The zero-order valence-corrected chi connectivity index (χ0v) is 14.0. The molecule has 0 saturated carbocycles. The predicted octanol–water partition coefficient (Wildman–Crippen LogP) is 2.05. The highest BCUT2D eigenvalue weighted by Gasteiger charge is 2.42. The molecule has 3 amide bonds. The van der Waals surface area contributed by atoms with Gasteiger partial charge in [-0.05, 0) is 31.4 Å². The molecule has 2 aliphatic rings. The topological polar surface area (TPSA) is 83.1 Å². The summed E-state index contributed by atoms with van der Waals surface area (Å²) in [4.78, 5) is 27.5. The van der Waals surface area contributed by atoms with Crippen molar-refractivity contribution in [1.82, 2.24) is 15.6 Å². The number of pyridine rings is 1. The first-order valence-electron chi connectivity index (χ1n) is 8.03. The van der Waals surface area contributed by atoms with E-state index >= 15 is 0 Å². The van der Waals surface area contributed by atoms with Crippen molar-refractivity contribution in [2.45, 2.75) is 49.9 Å². The number of amides is 3. The lowest BCUT2D eigenvalue weighted by Crippen LogP contribution is -2.36. The van der Waals surface area contributed by atoms with Crippen molar-refractivity contribution in [3.05, 3.63) is 23.9 Å². The van der Waals surface area contributed by atoms with Crippen LogP contribution >= 0.6 is 11.8 Å². The largest absolute Gasteiger partial charge is 0.332 e. The molecule has 6 nitrogen and oxygen atoms in total. The molecular formula is C16H22N4O2S. The van der Waals surface area contributed by atoms with Crippen LogP contribution in [0.3, 0.4) is 0 Å². The maximum atomic E-state index is 12.0. The van der Waals surface area contributed by atoms with Crippen LogP contribution in [-0.2, 0) is 4.79 Å². The average Bonchev–Trinajstić information content (AvgIpc) is 3.06. The number of carbonyl (C=O) groups is 2. The van der Waals surface area contributed by atoms with Crippen molar-refractivity contribution in [3.63, 3.8) is 0 Å². The second-order valence-corrected chi connectivity index (χ2v) is 7.36. The Morgan fingerprint density at radius 3 is 3.13 bits per heavy atom. The van der Waals surface area contributed by atoms with E-state index in [1.54, 1.807) is 6.20 Å². The van der Waals surface area contributed by atoms with Gasteiger partial charge in [-0.15, -0.1) is 0 Å². The van der Waals surface area contributed by atoms with Gasteiger partial charge >= 0.3 is 6.03 Å². The Balaban J connectivity index is 1.36. The fourth-order valence-corrected chi connectivity index (χ4v) is 4.63. The summed E-state index contributed by atoms with van der Waals surface area (Å²) < 4.78 is 0. The zero-order chi connectivity index (χ0) is 16.2. The van der Waals surface area contributed by atoms with E-state index in [0.717, 1.165) is 30.6 Å². The molecule has 124 valence electrons. The summed E-state index contributed by atoms with van der Waals surface area (Å²) in [6.45, 7) is 1.93. The molecule has 7 heteroatoms. The zero-order valence-electron chi connectivity index (χ0n) is 13.2. The molecule has 1 aromatic rings. The highest BCUT2D eigenvalue weighted by atomic mass is 32.2. The molecule has 0 unspecified atom stereocenters. The van der Waals surface area contributed by atoms with E-state index in [9.17, 15) is 9.59 Å². The number of aromatic nitrogens is 1. The van der Waals surface area contributed by atoms with Gasteiger partial charge in [-0.3, -0.25) is 4.79 Å². The van der Waals surface area contributed by atoms with E-state index in [4.69, 9.17) is 0 Å². The molecule has 2 fully saturated rings. The Kier molecular flexibility index (Phi) is 5.05. The molecule has 0 bridgehead atoms. The molecule has 2 saturated heterocycles. The lowest BCUT2D eigenvalue weighted by Gasteiger charge is -2.16. The quantitative estimate of drug-likeness (QED) is 0.549. The van der Waals surface area contributed by atoms with Gasteiger partial charge in [-0.1, -0.05) is 12.5 Å². The number of carbonyl (C=O) groups excluding carboxylic acids is 2. The molecular weight excluding hydrogens is 312 g/mol. The number of hydrogen-bond donors (Lipinski definition) is 3. The summed E-state index contributed by atoms with van der Waals surface area (Å²) in [5, 5.41) is 9.26. The number of anilines is 1. The van der Waals surface area contributed by atoms with E-state index in [-0.39, 0.29) is 24.0 Å². The fraction of sp³-hybridized carbons (Fsp3) is 0.562. The third-order valence-electron chi connectivity index (χ3n) is 4.35. The van der Waals surface area contributed by atoms with E-state index in [2.05, 4.69) is 20.9 Å². The Hall–Kier alpha value is -1.76. The van der Waals surface area contributed by atoms with Gasteiger partial charge in [-0.25, -0.2) is 9.78 Å². The van der Waals surface area contributed by atoms with Crippen LogP contribution in [0.25, 0.3) is 0 Å². The minimum atomic E-state index is -0.0459. The summed E-state index contributed by atoms with van der Waals surface area (Å²) in [5.74, 6) is 1.64. The summed E-state index contributed by atoms with van der Waals surface area (Å²) in [7, 11) is 0. The highest BCUT2D eigenvalue weighted by molar-refractivity contribution is 8.00. The Morgan fingerprint density at radius 1 is 1.43 bits per heavy atom. The lowest BCUT2D eigenvalue weighted by atomic mass is 10.0. The number of rotatable bonds is 6. The number of thioether (sulfide) groups is 1. The summed E-state index contributed by atoms with van der Waals surface area (Å²) in [6.07, 6.45) is 5.06. The number of aryl methyl sites for hydroxylation is 1. The van der Waals surface area contributed by atoms with Gasteiger partial charge in [0, 0.05) is 23.6 Å². The molecule has 0 aliphatic carbocycles. The van der Waals surface area contributed by atoms with E-state index in [1.807, 2.05) is 30.8 Å². The number of nitrogens with one attached hydrogen (secondary N) is 3.